The summed E-state index contributed by atoms with van der Waals surface area (Å²) in [5.74, 6) is 0.0894. The van der Waals surface area contributed by atoms with E-state index in [1.807, 2.05) is 13.8 Å². The van der Waals surface area contributed by atoms with Crippen molar-refractivity contribution in [1.29, 1.82) is 0 Å². The average molecular weight is 352 g/mol. The Morgan fingerprint density at radius 3 is 2.43 bits per heavy atom. The molecule has 1 aromatic carbocycles. The molecule has 0 spiro atoms. The lowest BCUT2D eigenvalue weighted by Crippen LogP contribution is -2.31. The number of hydrogen-bond donors (Lipinski definition) is 0. The maximum atomic E-state index is 12.5. The van der Waals surface area contributed by atoms with Crippen molar-refractivity contribution < 1.29 is 13.2 Å². The summed E-state index contributed by atoms with van der Waals surface area (Å²) in [6.45, 7) is 6.23. The minimum absolute atomic E-state index is 0.128. The maximum absolute atomic E-state index is 12.5. The Morgan fingerprint density at radius 2 is 1.95 bits per heavy atom. The van der Waals surface area contributed by atoms with Gasteiger partial charge in [-0.1, -0.05) is 31.9 Å². The van der Waals surface area contributed by atoms with Crippen molar-refractivity contribution in [3.8, 4) is 0 Å². The van der Waals surface area contributed by atoms with Crippen molar-refractivity contribution in [3.05, 3.63) is 28.3 Å². The topological polar surface area (TPSA) is 54.5 Å². The van der Waals surface area contributed by atoms with E-state index in [9.17, 15) is 13.2 Å². The average Bonchev–Trinajstić information content (AvgIpc) is 2.38. The summed E-state index contributed by atoms with van der Waals surface area (Å²) >= 11 is 5.92. The SMILES string of the molecule is CCC(C)CN(C)C(=O)c1cc(Cl)cc(S(=O)(=O)Cl)c1C. The van der Waals surface area contributed by atoms with Gasteiger partial charge in [-0.3, -0.25) is 4.79 Å². The van der Waals surface area contributed by atoms with Crippen LogP contribution in [-0.2, 0) is 9.05 Å². The van der Waals surface area contributed by atoms with Crippen LogP contribution in [0.25, 0.3) is 0 Å². The number of carbonyl (C=O) groups excluding carboxylic acids is 1. The first kappa shape index (κ1) is 18.3. The quantitative estimate of drug-likeness (QED) is 0.760. The van der Waals surface area contributed by atoms with E-state index in [-0.39, 0.29) is 21.4 Å². The molecule has 1 aromatic rings. The predicted molar refractivity (Wildman–Crippen MR) is 85.6 cm³/mol. The summed E-state index contributed by atoms with van der Waals surface area (Å²) in [5.41, 5.74) is 0.572. The Balaban J connectivity index is 3.25. The van der Waals surface area contributed by atoms with Gasteiger partial charge in [-0.05, 0) is 30.5 Å². The van der Waals surface area contributed by atoms with Gasteiger partial charge in [0.15, 0.2) is 0 Å². The fourth-order valence-corrected chi connectivity index (χ4v) is 3.52. The lowest BCUT2D eigenvalue weighted by Gasteiger charge is -2.22. The summed E-state index contributed by atoms with van der Waals surface area (Å²) in [6, 6.07) is 2.72. The van der Waals surface area contributed by atoms with Crippen molar-refractivity contribution in [2.45, 2.75) is 32.1 Å². The molecule has 0 saturated carbocycles. The Morgan fingerprint density at radius 1 is 1.38 bits per heavy atom. The van der Waals surface area contributed by atoms with Crippen LogP contribution in [0.2, 0.25) is 5.02 Å². The highest BCUT2D eigenvalue weighted by Crippen LogP contribution is 2.27. The molecule has 4 nitrogen and oxygen atoms in total. The second-order valence-electron chi connectivity index (χ2n) is 5.21. The van der Waals surface area contributed by atoms with E-state index in [1.54, 1.807) is 18.9 Å². The van der Waals surface area contributed by atoms with Crippen molar-refractivity contribution in [1.82, 2.24) is 4.90 Å². The van der Waals surface area contributed by atoms with Crippen LogP contribution in [0.1, 0.15) is 36.2 Å². The van der Waals surface area contributed by atoms with E-state index in [1.165, 1.54) is 12.1 Å². The second kappa shape index (κ2) is 6.99. The van der Waals surface area contributed by atoms with Gasteiger partial charge in [0.2, 0.25) is 0 Å². The van der Waals surface area contributed by atoms with Gasteiger partial charge in [-0.25, -0.2) is 8.42 Å². The van der Waals surface area contributed by atoms with E-state index in [2.05, 4.69) is 0 Å². The first-order valence-corrected chi connectivity index (χ1v) is 9.26. The monoisotopic (exact) mass is 351 g/mol. The minimum atomic E-state index is -3.95. The first-order valence-electron chi connectivity index (χ1n) is 6.58. The van der Waals surface area contributed by atoms with Crippen LogP contribution in [-0.4, -0.2) is 32.8 Å². The number of halogens is 2. The maximum Gasteiger partial charge on any atom is 0.261 e. The van der Waals surface area contributed by atoms with Gasteiger partial charge in [0.1, 0.15) is 0 Å². The minimum Gasteiger partial charge on any atom is -0.341 e. The van der Waals surface area contributed by atoms with E-state index in [4.69, 9.17) is 22.3 Å². The molecule has 0 bridgehead atoms. The van der Waals surface area contributed by atoms with Gasteiger partial charge in [0, 0.05) is 34.9 Å². The van der Waals surface area contributed by atoms with Crippen LogP contribution in [0.4, 0.5) is 0 Å². The Kier molecular flexibility index (Phi) is 6.08. The zero-order valence-electron chi connectivity index (χ0n) is 12.5. The molecule has 0 aliphatic rings. The molecule has 7 heteroatoms. The molecule has 118 valence electrons. The molecular weight excluding hydrogens is 333 g/mol. The molecule has 1 atom stereocenters. The number of nitrogens with zero attached hydrogens (tertiary/aromatic N) is 1. The van der Waals surface area contributed by atoms with Crippen LogP contribution in [0.15, 0.2) is 17.0 Å². The van der Waals surface area contributed by atoms with E-state index in [0.717, 1.165) is 6.42 Å². The van der Waals surface area contributed by atoms with Gasteiger partial charge in [-0.15, -0.1) is 0 Å². The Labute approximate surface area is 135 Å². The van der Waals surface area contributed by atoms with Crippen molar-refractivity contribution in [2.24, 2.45) is 5.92 Å². The summed E-state index contributed by atoms with van der Waals surface area (Å²) < 4.78 is 23.1. The van der Waals surface area contributed by atoms with Crippen LogP contribution < -0.4 is 0 Å². The molecule has 0 saturated heterocycles. The third-order valence-electron chi connectivity index (χ3n) is 3.45. The molecule has 0 fully saturated rings. The van der Waals surface area contributed by atoms with Crippen molar-refractivity contribution in [2.75, 3.05) is 13.6 Å². The van der Waals surface area contributed by atoms with Gasteiger partial charge < -0.3 is 4.90 Å². The molecule has 0 heterocycles. The molecule has 0 N–H and O–H groups in total. The number of amides is 1. The highest BCUT2D eigenvalue weighted by molar-refractivity contribution is 8.13. The van der Waals surface area contributed by atoms with Crippen LogP contribution in [0, 0.1) is 12.8 Å². The molecule has 1 amide bonds. The summed E-state index contributed by atoms with van der Waals surface area (Å²) in [7, 11) is 3.12. The summed E-state index contributed by atoms with van der Waals surface area (Å²) in [4.78, 5) is 13.9. The molecule has 1 unspecified atom stereocenters. The van der Waals surface area contributed by atoms with Crippen LogP contribution >= 0.6 is 22.3 Å². The molecule has 1 rings (SSSR count). The van der Waals surface area contributed by atoms with Crippen LogP contribution in [0.3, 0.4) is 0 Å². The molecule has 0 aliphatic carbocycles. The van der Waals surface area contributed by atoms with Gasteiger partial charge in [-0.2, -0.15) is 0 Å². The largest absolute Gasteiger partial charge is 0.341 e. The summed E-state index contributed by atoms with van der Waals surface area (Å²) in [6.07, 6.45) is 0.952. The number of benzene rings is 1. The lowest BCUT2D eigenvalue weighted by atomic mass is 10.1. The zero-order valence-corrected chi connectivity index (χ0v) is 14.8. The summed E-state index contributed by atoms with van der Waals surface area (Å²) in [5, 5.41) is 0.167. The smallest absolute Gasteiger partial charge is 0.261 e. The zero-order chi connectivity index (χ0) is 16.4. The normalized spacial score (nSPS) is 13.0. The highest BCUT2D eigenvalue weighted by Gasteiger charge is 2.23. The van der Waals surface area contributed by atoms with Gasteiger partial charge in [0.25, 0.3) is 15.0 Å². The number of hydrogen-bond acceptors (Lipinski definition) is 3. The third kappa shape index (κ3) is 4.59. The van der Waals surface area contributed by atoms with Gasteiger partial charge >= 0.3 is 0 Å². The third-order valence-corrected chi connectivity index (χ3v) is 5.11. The van der Waals surface area contributed by atoms with Gasteiger partial charge in [0.05, 0.1) is 4.90 Å². The number of carbonyl (C=O) groups is 1. The van der Waals surface area contributed by atoms with E-state index in [0.29, 0.717) is 18.0 Å². The molecule has 0 aliphatic heterocycles. The first-order chi connectivity index (χ1) is 9.57. The van der Waals surface area contributed by atoms with E-state index >= 15 is 0 Å². The number of rotatable bonds is 5. The molecule has 0 aromatic heterocycles. The van der Waals surface area contributed by atoms with Crippen molar-refractivity contribution >= 4 is 37.2 Å². The molecule has 21 heavy (non-hydrogen) atoms. The fraction of sp³-hybridized carbons (Fsp3) is 0.500. The van der Waals surface area contributed by atoms with Crippen molar-refractivity contribution in [3.63, 3.8) is 0 Å². The predicted octanol–water partition coefficient (Wildman–Crippen LogP) is 3.69. The van der Waals surface area contributed by atoms with Crippen LogP contribution in [0.5, 0.6) is 0 Å². The Hall–Kier alpha value is -0.780. The fourth-order valence-electron chi connectivity index (χ4n) is 2.01. The Bertz CT molecular complexity index is 644. The molecular formula is C14H19Cl2NO3S. The highest BCUT2D eigenvalue weighted by atomic mass is 35.7. The van der Waals surface area contributed by atoms with E-state index < -0.39 is 9.05 Å². The standard InChI is InChI=1S/C14H19Cl2NO3S/c1-5-9(2)8-17(4)14(18)12-6-11(15)7-13(10(12)3)21(16,19)20/h6-7,9H,5,8H2,1-4H3. The lowest BCUT2D eigenvalue weighted by molar-refractivity contribution is 0.0774. The second-order valence-corrected chi connectivity index (χ2v) is 8.18. The molecule has 0 radical (unpaired) electrons.